The summed E-state index contributed by atoms with van der Waals surface area (Å²) < 4.78 is 14.8. The third kappa shape index (κ3) is 3.33. The maximum atomic E-state index is 13.6. The van der Waals surface area contributed by atoms with E-state index in [1.165, 1.54) is 3.57 Å². The van der Waals surface area contributed by atoms with Crippen LogP contribution in [0.3, 0.4) is 0 Å². The standard InChI is InChI=1S/C13H10ClFIN/c14-12-3-1-2-9(13(12)15)8-17-11-6-4-10(16)5-7-11/h1-7,17H,8H2. The smallest absolute Gasteiger partial charge is 0.146 e. The normalized spacial score (nSPS) is 10.3. The molecule has 2 aromatic rings. The number of nitrogens with one attached hydrogen (secondary N) is 1. The van der Waals surface area contributed by atoms with Crippen LogP contribution in [-0.2, 0) is 6.54 Å². The van der Waals surface area contributed by atoms with Gasteiger partial charge in [-0.25, -0.2) is 4.39 Å². The number of benzene rings is 2. The van der Waals surface area contributed by atoms with E-state index in [-0.39, 0.29) is 10.8 Å². The summed E-state index contributed by atoms with van der Waals surface area (Å²) in [7, 11) is 0. The number of anilines is 1. The van der Waals surface area contributed by atoms with Crippen molar-refractivity contribution in [2.24, 2.45) is 0 Å². The average molecular weight is 362 g/mol. The minimum atomic E-state index is -0.354. The summed E-state index contributed by atoms with van der Waals surface area (Å²) in [5.74, 6) is -0.354. The molecule has 0 heterocycles. The number of hydrogen-bond acceptors (Lipinski definition) is 1. The van der Waals surface area contributed by atoms with E-state index in [4.69, 9.17) is 11.6 Å². The molecule has 0 aromatic heterocycles. The molecule has 0 bridgehead atoms. The van der Waals surface area contributed by atoms with E-state index in [1.54, 1.807) is 18.2 Å². The van der Waals surface area contributed by atoms with Crippen molar-refractivity contribution in [2.75, 3.05) is 5.32 Å². The number of hydrogen-bond donors (Lipinski definition) is 1. The number of rotatable bonds is 3. The van der Waals surface area contributed by atoms with E-state index in [9.17, 15) is 4.39 Å². The third-order valence-electron chi connectivity index (χ3n) is 2.36. The van der Waals surface area contributed by atoms with E-state index in [2.05, 4.69) is 27.9 Å². The summed E-state index contributed by atoms with van der Waals surface area (Å²) in [6, 6.07) is 12.9. The van der Waals surface area contributed by atoms with Gasteiger partial charge in [-0.2, -0.15) is 0 Å². The Kier molecular flexibility index (Phi) is 4.23. The fraction of sp³-hybridized carbons (Fsp3) is 0.0769. The fourth-order valence-corrected chi connectivity index (χ4v) is 2.00. The van der Waals surface area contributed by atoms with E-state index in [0.29, 0.717) is 12.1 Å². The van der Waals surface area contributed by atoms with Gasteiger partial charge >= 0.3 is 0 Å². The summed E-state index contributed by atoms with van der Waals surface area (Å²) in [6.45, 7) is 0.424. The molecule has 2 rings (SSSR count). The highest BCUT2D eigenvalue weighted by atomic mass is 127. The van der Waals surface area contributed by atoms with Crippen LogP contribution in [0.5, 0.6) is 0 Å². The fourth-order valence-electron chi connectivity index (χ4n) is 1.45. The molecule has 0 saturated heterocycles. The first-order valence-corrected chi connectivity index (χ1v) is 6.55. The molecular weight excluding hydrogens is 352 g/mol. The molecule has 0 amide bonds. The van der Waals surface area contributed by atoms with Gasteiger partial charge in [0.25, 0.3) is 0 Å². The minimum Gasteiger partial charge on any atom is -0.381 e. The first-order valence-electron chi connectivity index (χ1n) is 5.09. The Morgan fingerprint density at radius 2 is 1.82 bits per heavy atom. The van der Waals surface area contributed by atoms with Gasteiger partial charge in [0.1, 0.15) is 5.82 Å². The van der Waals surface area contributed by atoms with Gasteiger partial charge in [0.15, 0.2) is 0 Å². The predicted molar refractivity (Wildman–Crippen MR) is 77.9 cm³/mol. The summed E-state index contributed by atoms with van der Waals surface area (Å²) in [5, 5.41) is 3.31. The summed E-state index contributed by atoms with van der Waals surface area (Å²) in [5.41, 5.74) is 1.53. The first kappa shape index (κ1) is 12.6. The van der Waals surface area contributed by atoms with Gasteiger partial charge in [0.05, 0.1) is 5.02 Å². The highest BCUT2D eigenvalue weighted by molar-refractivity contribution is 14.1. The van der Waals surface area contributed by atoms with Gasteiger partial charge in [0, 0.05) is 21.4 Å². The second-order valence-corrected chi connectivity index (χ2v) is 5.23. The Labute approximate surface area is 118 Å². The van der Waals surface area contributed by atoms with Gasteiger partial charge in [-0.15, -0.1) is 0 Å². The molecule has 0 unspecified atom stereocenters. The SMILES string of the molecule is Fc1c(Cl)cccc1CNc1ccc(I)cc1. The second-order valence-electron chi connectivity index (χ2n) is 3.57. The van der Waals surface area contributed by atoms with Crippen molar-refractivity contribution in [1.82, 2.24) is 0 Å². The topological polar surface area (TPSA) is 12.0 Å². The summed E-state index contributed by atoms with van der Waals surface area (Å²) in [6.07, 6.45) is 0. The molecule has 1 nitrogen and oxygen atoms in total. The minimum absolute atomic E-state index is 0.159. The molecule has 0 aliphatic rings. The van der Waals surface area contributed by atoms with Crippen molar-refractivity contribution in [3.05, 3.63) is 62.4 Å². The Morgan fingerprint density at radius 3 is 2.53 bits per heavy atom. The van der Waals surface area contributed by atoms with Crippen LogP contribution in [-0.4, -0.2) is 0 Å². The van der Waals surface area contributed by atoms with Crippen LogP contribution < -0.4 is 5.32 Å². The zero-order valence-corrected chi connectivity index (χ0v) is 11.8. The monoisotopic (exact) mass is 361 g/mol. The molecule has 0 spiro atoms. The third-order valence-corrected chi connectivity index (χ3v) is 3.37. The molecule has 88 valence electrons. The lowest BCUT2D eigenvalue weighted by atomic mass is 10.2. The first-order chi connectivity index (χ1) is 8.16. The molecule has 17 heavy (non-hydrogen) atoms. The molecule has 0 radical (unpaired) electrons. The lowest BCUT2D eigenvalue weighted by Crippen LogP contribution is -2.01. The van der Waals surface area contributed by atoms with Crippen molar-refractivity contribution in [1.29, 1.82) is 0 Å². The zero-order chi connectivity index (χ0) is 12.3. The van der Waals surface area contributed by atoms with Crippen LogP contribution >= 0.6 is 34.2 Å². The quantitative estimate of drug-likeness (QED) is 0.782. The van der Waals surface area contributed by atoms with Crippen LogP contribution in [0.2, 0.25) is 5.02 Å². The molecule has 0 fully saturated rings. The van der Waals surface area contributed by atoms with Gasteiger partial charge in [-0.1, -0.05) is 23.7 Å². The van der Waals surface area contributed by atoms with Crippen molar-refractivity contribution in [3.63, 3.8) is 0 Å². The van der Waals surface area contributed by atoms with Crippen LogP contribution in [0.1, 0.15) is 5.56 Å². The van der Waals surface area contributed by atoms with E-state index >= 15 is 0 Å². The van der Waals surface area contributed by atoms with E-state index in [1.807, 2.05) is 24.3 Å². The Bertz CT molecular complexity index is 513. The predicted octanol–water partition coefficient (Wildman–Crippen LogP) is 4.70. The lowest BCUT2D eigenvalue weighted by molar-refractivity contribution is 0.613. The van der Waals surface area contributed by atoms with Crippen molar-refractivity contribution in [2.45, 2.75) is 6.54 Å². The van der Waals surface area contributed by atoms with Crippen LogP contribution in [0.4, 0.5) is 10.1 Å². The van der Waals surface area contributed by atoms with Gasteiger partial charge in [-0.3, -0.25) is 0 Å². The Hall–Kier alpha value is -0.810. The summed E-state index contributed by atoms with van der Waals surface area (Å²) in [4.78, 5) is 0. The molecular formula is C13H10ClFIN. The molecule has 2 aromatic carbocycles. The average Bonchev–Trinajstić information content (AvgIpc) is 2.33. The Morgan fingerprint density at radius 1 is 1.12 bits per heavy atom. The van der Waals surface area contributed by atoms with E-state index in [0.717, 1.165) is 5.69 Å². The van der Waals surface area contributed by atoms with Crippen LogP contribution in [0.15, 0.2) is 42.5 Å². The van der Waals surface area contributed by atoms with Crippen LogP contribution in [0, 0.1) is 9.39 Å². The van der Waals surface area contributed by atoms with Crippen molar-refractivity contribution >= 4 is 39.9 Å². The zero-order valence-electron chi connectivity index (χ0n) is 8.88. The second kappa shape index (κ2) is 5.69. The molecule has 4 heteroatoms. The summed E-state index contributed by atoms with van der Waals surface area (Å²) >= 11 is 7.95. The highest BCUT2D eigenvalue weighted by Crippen LogP contribution is 2.19. The van der Waals surface area contributed by atoms with Crippen molar-refractivity contribution in [3.8, 4) is 0 Å². The maximum Gasteiger partial charge on any atom is 0.146 e. The van der Waals surface area contributed by atoms with Crippen molar-refractivity contribution < 1.29 is 4.39 Å². The highest BCUT2D eigenvalue weighted by Gasteiger charge is 2.05. The maximum absolute atomic E-state index is 13.6. The van der Waals surface area contributed by atoms with Gasteiger partial charge in [0.2, 0.25) is 0 Å². The Balaban J connectivity index is 2.07. The van der Waals surface area contributed by atoms with Gasteiger partial charge in [-0.05, 0) is 52.9 Å². The largest absolute Gasteiger partial charge is 0.381 e. The molecule has 1 N–H and O–H groups in total. The molecule has 0 aliphatic heterocycles. The molecule has 0 atom stereocenters. The lowest BCUT2D eigenvalue weighted by Gasteiger charge is -2.08. The molecule has 0 saturated carbocycles. The van der Waals surface area contributed by atoms with E-state index < -0.39 is 0 Å². The number of halogens is 3. The van der Waals surface area contributed by atoms with Crippen LogP contribution in [0.25, 0.3) is 0 Å². The van der Waals surface area contributed by atoms with Gasteiger partial charge < -0.3 is 5.32 Å². The molecule has 0 aliphatic carbocycles.